The van der Waals surface area contributed by atoms with Crippen molar-refractivity contribution >= 4 is 23.0 Å². The molecule has 16 heavy (non-hydrogen) atoms. The van der Waals surface area contributed by atoms with Crippen molar-refractivity contribution in [2.45, 2.75) is 32.7 Å². The van der Waals surface area contributed by atoms with Gasteiger partial charge in [0.2, 0.25) is 0 Å². The summed E-state index contributed by atoms with van der Waals surface area (Å²) in [5.74, 6) is 0. The van der Waals surface area contributed by atoms with Crippen molar-refractivity contribution in [3.8, 4) is 0 Å². The third-order valence-electron chi connectivity index (χ3n) is 2.51. The van der Waals surface area contributed by atoms with Crippen LogP contribution in [-0.4, -0.2) is 11.0 Å². The van der Waals surface area contributed by atoms with Gasteiger partial charge in [-0.15, -0.1) is 0 Å². The third kappa shape index (κ3) is 2.85. The highest BCUT2D eigenvalue weighted by Crippen LogP contribution is 2.32. The number of nitrogens with one attached hydrogen (secondary N) is 1. The molecule has 0 aromatic heterocycles. The van der Waals surface area contributed by atoms with Gasteiger partial charge in [-0.25, -0.2) is 0 Å². The minimum Gasteiger partial charge on any atom is -0.377 e. The molecule has 0 heterocycles. The normalized spacial score (nSPS) is 10.5. The summed E-state index contributed by atoms with van der Waals surface area (Å²) in [5.41, 5.74) is 0.447. The van der Waals surface area contributed by atoms with Crippen LogP contribution in [0.5, 0.6) is 0 Å². The lowest BCUT2D eigenvalue weighted by Gasteiger charge is -2.16. The van der Waals surface area contributed by atoms with Crippen LogP contribution < -0.4 is 5.32 Å². The number of para-hydroxylation sites is 1. The first kappa shape index (κ1) is 12.8. The van der Waals surface area contributed by atoms with Gasteiger partial charge in [-0.1, -0.05) is 31.5 Å². The molecule has 0 aliphatic heterocycles. The number of nitro groups is 1. The van der Waals surface area contributed by atoms with Gasteiger partial charge in [-0.2, -0.15) is 0 Å². The Morgan fingerprint density at radius 2 is 2.06 bits per heavy atom. The van der Waals surface area contributed by atoms with E-state index in [9.17, 15) is 10.1 Å². The molecular formula is C11H15ClN2O2. The minimum atomic E-state index is -0.451. The standard InChI is InChI=1S/C11H15ClN2O2/c1-3-8(4-2)13-10-7-5-6-9(12)11(10)14(15)16/h5-8,13H,3-4H2,1-2H3. The van der Waals surface area contributed by atoms with Crippen molar-refractivity contribution in [3.63, 3.8) is 0 Å². The number of hydrogen-bond acceptors (Lipinski definition) is 3. The molecule has 0 spiro atoms. The molecular weight excluding hydrogens is 228 g/mol. The summed E-state index contributed by atoms with van der Waals surface area (Å²) in [6, 6.07) is 5.15. The van der Waals surface area contributed by atoms with E-state index in [2.05, 4.69) is 5.32 Å². The van der Waals surface area contributed by atoms with E-state index in [1.54, 1.807) is 12.1 Å². The van der Waals surface area contributed by atoms with Gasteiger partial charge in [-0.3, -0.25) is 10.1 Å². The van der Waals surface area contributed by atoms with E-state index in [0.717, 1.165) is 12.8 Å². The number of rotatable bonds is 5. The maximum absolute atomic E-state index is 10.9. The van der Waals surface area contributed by atoms with E-state index < -0.39 is 4.92 Å². The monoisotopic (exact) mass is 242 g/mol. The van der Waals surface area contributed by atoms with Gasteiger partial charge in [0.05, 0.1) is 4.92 Å². The molecule has 0 saturated heterocycles. The fourth-order valence-electron chi connectivity index (χ4n) is 1.53. The molecule has 0 saturated carbocycles. The SMILES string of the molecule is CCC(CC)Nc1cccc(Cl)c1[N+](=O)[O-]. The van der Waals surface area contributed by atoms with E-state index in [1.165, 1.54) is 6.07 Å². The highest BCUT2D eigenvalue weighted by Gasteiger charge is 2.19. The van der Waals surface area contributed by atoms with Crippen molar-refractivity contribution in [2.24, 2.45) is 0 Å². The first-order chi connectivity index (χ1) is 7.60. The van der Waals surface area contributed by atoms with Crippen LogP contribution in [0.15, 0.2) is 18.2 Å². The molecule has 1 aromatic rings. The molecule has 0 unspecified atom stereocenters. The first-order valence-corrected chi connectivity index (χ1v) is 5.67. The van der Waals surface area contributed by atoms with Crippen molar-refractivity contribution in [1.82, 2.24) is 0 Å². The van der Waals surface area contributed by atoms with Gasteiger partial charge >= 0.3 is 5.69 Å². The lowest BCUT2D eigenvalue weighted by Crippen LogP contribution is -2.17. The zero-order valence-corrected chi connectivity index (χ0v) is 10.1. The van der Waals surface area contributed by atoms with Crippen molar-refractivity contribution in [2.75, 3.05) is 5.32 Å². The Balaban J connectivity index is 3.03. The smallest absolute Gasteiger partial charge is 0.310 e. The number of hydrogen-bond donors (Lipinski definition) is 1. The van der Waals surface area contributed by atoms with E-state index in [1.807, 2.05) is 13.8 Å². The number of anilines is 1. The largest absolute Gasteiger partial charge is 0.377 e. The molecule has 0 amide bonds. The van der Waals surface area contributed by atoms with Crippen molar-refractivity contribution in [1.29, 1.82) is 0 Å². The summed E-state index contributed by atoms with van der Waals surface area (Å²) in [6.07, 6.45) is 1.83. The molecule has 0 bridgehead atoms. The Labute approximate surface area is 99.8 Å². The third-order valence-corrected chi connectivity index (χ3v) is 2.82. The average molecular weight is 243 g/mol. The molecule has 1 aromatic carbocycles. The average Bonchev–Trinajstić information content (AvgIpc) is 2.25. The van der Waals surface area contributed by atoms with Crippen LogP contribution in [0.4, 0.5) is 11.4 Å². The summed E-state index contributed by atoms with van der Waals surface area (Å²) in [6.45, 7) is 4.08. The lowest BCUT2D eigenvalue weighted by molar-refractivity contribution is -0.383. The van der Waals surface area contributed by atoms with E-state index >= 15 is 0 Å². The Kier molecular flexibility index (Phi) is 4.55. The van der Waals surface area contributed by atoms with Crippen LogP contribution in [0, 0.1) is 10.1 Å². The summed E-state index contributed by atoms with van der Waals surface area (Å²) < 4.78 is 0. The molecule has 0 aliphatic rings. The first-order valence-electron chi connectivity index (χ1n) is 5.29. The second-order valence-electron chi connectivity index (χ2n) is 3.55. The number of halogens is 1. The predicted molar refractivity (Wildman–Crippen MR) is 66.1 cm³/mol. The molecule has 5 heteroatoms. The number of nitrogens with zero attached hydrogens (tertiary/aromatic N) is 1. The van der Waals surface area contributed by atoms with E-state index in [-0.39, 0.29) is 16.8 Å². The van der Waals surface area contributed by atoms with Gasteiger partial charge in [0, 0.05) is 6.04 Å². The molecule has 1 N–H and O–H groups in total. The maximum Gasteiger partial charge on any atom is 0.310 e. The van der Waals surface area contributed by atoms with Crippen LogP contribution in [0.1, 0.15) is 26.7 Å². The van der Waals surface area contributed by atoms with Crippen LogP contribution in [0.3, 0.4) is 0 Å². The number of nitro benzene ring substituents is 1. The zero-order valence-electron chi connectivity index (χ0n) is 9.37. The Bertz CT molecular complexity index is 378. The molecule has 0 aliphatic carbocycles. The van der Waals surface area contributed by atoms with E-state index in [4.69, 9.17) is 11.6 Å². The summed E-state index contributed by atoms with van der Waals surface area (Å²) in [5, 5.41) is 14.2. The van der Waals surface area contributed by atoms with Crippen LogP contribution in [-0.2, 0) is 0 Å². The highest BCUT2D eigenvalue weighted by molar-refractivity contribution is 6.33. The Hall–Kier alpha value is -1.29. The van der Waals surface area contributed by atoms with Gasteiger partial charge < -0.3 is 5.32 Å². The molecule has 88 valence electrons. The van der Waals surface area contributed by atoms with Gasteiger partial charge in [0.15, 0.2) is 0 Å². The van der Waals surface area contributed by atoms with Gasteiger partial charge in [0.1, 0.15) is 10.7 Å². The molecule has 0 radical (unpaired) electrons. The predicted octanol–water partition coefficient (Wildman–Crippen LogP) is 3.85. The Morgan fingerprint density at radius 1 is 1.44 bits per heavy atom. The Morgan fingerprint density at radius 3 is 2.56 bits per heavy atom. The lowest BCUT2D eigenvalue weighted by atomic mass is 10.1. The fourth-order valence-corrected chi connectivity index (χ4v) is 1.77. The number of benzene rings is 1. The van der Waals surface area contributed by atoms with Crippen LogP contribution in [0.25, 0.3) is 0 Å². The topological polar surface area (TPSA) is 55.2 Å². The van der Waals surface area contributed by atoms with Crippen LogP contribution in [0.2, 0.25) is 5.02 Å². The highest BCUT2D eigenvalue weighted by atomic mass is 35.5. The summed E-state index contributed by atoms with van der Waals surface area (Å²) >= 11 is 5.81. The van der Waals surface area contributed by atoms with Gasteiger partial charge in [0.25, 0.3) is 0 Å². The van der Waals surface area contributed by atoms with Crippen LogP contribution >= 0.6 is 11.6 Å². The summed E-state index contributed by atoms with van der Waals surface area (Å²) in [7, 11) is 0. The zero-order chi connectivity index (χ0) is 12.1. The second kappa shape index (κ2) is 5.70. The summed E-state index contributed by atoms with van der Waals surface area (Å²) in [4.78, 5) is 10.4. The maximum atomic E-state index is 10.9. The molecule has 0 fully saturated rings. The molecule has 0 atom stereocenters. The molecule has 4 nitrogen and oxygen atoms in total. The quantitative estimate of drug-likeness (QED) is 0.630. The van der Waals surface area contributed by atoms with Crippen molar-refractivity contribution in [3.05, 3.63) is 33.3 Å². The van der Waals surface area contributed by atoms with Gasteiger partial charge in [-0.05, 0) is 25.0 Å². The fraction of sp³-hybridized carbons (Fsp3) is 0.455. The van der Waals surface area contributed by atoms with Crippen molar-refractivity contribution < 1.29 is 4.92 Å². The molecule has 1 rings (SSSR count). The van der Waals surface area contributed by atoms with E-state index in [0.29, 0.717) is 5.69 Å². The second-order valence-corrected chi connectivity index (χ2v) is 3.96. The minimum absolute atomic E-state index is 0.0453.